The van der Waals surface area contributed by atoms with Crippen LogP contribution in [0.5, 0.6) is 11.5 Å². The van der Waals surface area contributed by atoms with Crippen molar-refractivity contribution in [3.8, 4) is 11.5 Å². The summed E-state index contributed by atoms with van der Waals surface area (Å²) in [5.41, 5.74) is 1.04. The number of anilines is 2. The van der Waals surface area contributed by atoms with Gasteiger partial charge in [0.2, 0.25) is 17.7 Å². The third-order valence-corrected chi connectivity index (χ3v) is 6.99. The molecule has 4 atom stereocenters. The molecular formula is C27H26N2O6. The number of fused-ring (bicyclic) bond motifs is 1. The summed E-state index contributed by atoms with van der Waals surface area (Å²) >= 11 is 0. The summed E-state index contributed by atoms with van der Waals surface area (Å²) in [5, 5.41) is 0. The Labute approximate surface area is 203 Å². The van der Waals surface area contributed by atoms with Gasteiger partial charge >= 0.3 is 5.97 Å². The van der Waals surface area contributed by atoms with E-state index in [2.05, 4.69) is 0 Å². The summed E-state index contributed by atoms with van der Waals surface area (Å²) in [6.45, 7) is 2.14. The molecule has 0 radical (unpaired) electrons. The molecule has 2 heterocycles. The number of methoxy groups -OCH3 is 1. The van der Waals surface area contributed by atoms with Gasteiger partial charge in [0.25, 0.3) is 0 Å². The number of imide groups is 1. The molecule has 0 N–H and O–H groups in total. The van der Waals surface area contributed by atoms with E-state index in [0.29, 0.717) is 23.5 Å². The third-order valence-electron chi connectivity index (χ3n) is 6.99. The zero-order chi connectivity index (χ0) is 24.7. The lowest BCUT2D eigenvalue weighted by molar-refractivity contribution is -0.139. The smallest absolute Gasteiger partial charge is 0.316 e. The Balaban J connectivity index is 1.29. The Morgan fingerprint density at radius 3 is 2.43 bits per heavy atom. The molecular weight excluding hydrogens is 448 g/mol. The van der Waals surface area contributed by atoms with Gasteiger partial charge < -0.3 is 14.4 Å². The Morgan fingerprint density at radius 2 is 1.69 bits per heavy atom. The first-order valence-corrected chi connectivity index (χ1v) is 11.7. The number of carbonyl (C=O) groups is 4. The largest absolute Gasteiger partial charge is 0.497 e. The van der Waals surface area contributed by atoms with Gasteiger partial charge in [0.1, 0.15) is 11.5 Å². The molecule has 8 nitrogen and oxygen atoms in total. The number of amides is 3. The van der Waals surface area contributed by atoms with Crippen molar-refractivity contribution in [1.29, 1.82) is 0 Å². The van der Waals surface area contributed by atoms with Crippen molar-refractivity contribution in [2.45, 2.75) is 19.8 Å². The molecule has 3 amide bonds. The monoisotopic (exact) mass is 474 g/mol. The van der Waals surface area contributed by atoms with Crippen molar-refractivity contribution in [3.05, 3.63) is 60.7 Å². The minimum atomic E-state index is -0.637. The summed E-state index contributed by atoms with van der Waals surface area (Å²) in [4.78, 5) is 54.3. The first-order chi connectivity index (χ1) is 16.9. The Kier molecular flexibility index (Phi) is 5.88. The lowest BCUT2D eigenvalue weighted by Gasteiger charge is -2.22. The number of esters is 1. The molecule has 2 aromatic carbocycles. The highest BCUT2D eigenvalue weighted by Gasteiger charge is 2.50. The zero-order valence-electron chi connectivity index (χ0n) is 19.5. The second-order valence-corrected chi connectivity index (χ2v) is 9.19. The van der Waals surface area contributed by atoms with Crippen LogP contribution in [-0.4, -0.2) is 37.3 Å². The average molecular weight is 475 g/mol. The number of allylic oxidation sites excluding steroid dienone is 2. The maximum atomic E-state index is 13.1. The number of hydrogen-bond acceptors (Lipinski definition) is 6. The molecule has 0 saturated carbocycles. The van der Waals surface area contributed by atoms with Crippen LogP contribution in [0, 0.1) is 23.7 Å². The zero-order valence-corrected chi connectivity index (χ0v) is 19.5. The predicted molar refractivity (Wildman–Crippen MR) is 128 cm³/mol. The maximum Gasteiger partial charge on any atom is 0.316 e. The van der Waals surface area contributed by atoms with Crippen molar-refractivity contribution in [1.82, 2.24) is 0 Å². The standard InChI is InChI=1S/C27H26N2O6/c1-16-6-3-11-22-24(16)26(32)29(25(22)31)19-8-5-10-21(14-19)35-27(33)17-12-23(30)28(15-17)18-7-4-9-20(13-18)34-2/h3-10,13-14,16-17,22,24H,11-12,15H2,1-2H3/t16-,17-,22-,24+/m1/s1. The molecule has 2 fully saturated rings. The molecule has 0 bridgehead atoms. The third kappa shape index (κ3) is 4.09. The molecule has 8 heteroatoms. The van der Waals surface area contributed by atoms with E-state index in [-0.39, 0.29) is 54.2 Å². The normalized spacial score (nSPS) is 25.7. The fourth-order valence-corrected chi connectivity index (χ4v) is 5.18. The number of carbonyl (C=O) groups excluding carboxylic acids is 4. The minimum absolute atomic E-state index is 0.0105. The first-order valence-electron chi connectivity index (χ1n) is 11.7. The van der Waals surface area contributed by atoms with Crippen LogP contribution < -0.4 is 19.3 Å². The molecule has 2 saturated heterocycles. The van der Waals surface area contributed by atoms with Gasteiger partial charge in [-0.3, -0.25) is 19.2 Å². The van der Waals surface area contributed by atoms with Gasteiger partial charge in [-0.15, -0.1) is 0 Å². The van der Waals surface area contributed by atoms with Gasteiger partial charge in [-0.2, -0.15) is 0 Å². The fourth-order valence-electron chi connectivity index (χ4n) is 5.18. The first kappa shape index (κ1) is 22.8. The van der Waals surface area contributed by atoms with Gasteiger partial charge in [-0.1, -0.05) is 31.2 Å². The van der Waals surface area contributed by atoms with Crippen LogP contribution >= 0.6 is 0 Å². The number of nitrogens with zero attached hydrogens (tertiary/aromatic N) is 2. The SMILES string of the molecule is COc1cccc(N2C[C@H](C(=O)Oc3cccc(N4C(=O)[C@H]5[C@H](C)C=CC[C@H]5C4=O)c3)CC2=O)c1. The van der Waals surface area contributed by atoms with Gasteiger partial charge in [-0.25, -0.2) is 4.90 Å². The van der Waals surface area contributed by atoms with Crippen molar-refractivity contribution < 1.29 is 28.7 Å². The number of ether oxygens (including phenoxy) is 2. The molecule has 5 rings (SSSR count). The van der Waals surface area contributed by atoms with Gasteiger partial charge in [0.15, 0.2) is 0 Å². The maximum absolute atomic E-state index is 13.1. The number of benzene rings is 2. The molecule has 3 aliphatic rings. The fraction of sp³-hybridized carbons (Fsp3) is 0.333. The van der Waals surface area contributed by atoms with E-state index in [1.807, 2.05) is 19.1 Å². The van der Waals surface area contributed by atoms with Crippen LogP contribution in [-0.2, 0) is 19.2 Å². The summed E-state index contributed by atoms with van der Waals surface area (Å²) in [6.07, 6.45) is 4.51. The molecule has 35 heavy (non-hydrogen) atoms. The van der Waals surface area contributed by atoms with E-state index < -0.39 is 11.9 Å². The lowest BCUT2D eigenvalue weighted by Crippen LogP contribution is -2.31. The number of hydrogen-bond donors (Lipinski definition) is 0. The molecule has 1 aliphatic carbocycles. The van der Waals surface area contributed by atoms with E-state index in [4.69, 9.17) is 9.47 Å². The molecule has 0 spiro atoms. The lowest BCUT2D eigenvalue weighted by atomic mass is 9.78. The summed E-state index contributed by atoms with van der Waals surface area (Å²) in [6, 6.07) is 13.5. The highest BCUT2D eigenvalue weighted by Crippen LogP contribution is 2.41. The van der Waals surface area contributed by atoms with Crippen LogP contribution in [0.25, 0.3) is 0 Å². The topological polar surface area (TPSA) is 93.2 Å². The van der Waals surface area contributed by atoms with Gasteiger partial charge in [0.05, 0.1) is 30.6 Å². The average Bonchev–Trinajstić information content (AvgIpc) is 3.37. The van der Waals surface area contributed by atoms with E-state index in [1.165, 1.54) is 11.0 Å². The van der Waals surface area contributed by atoms with Crippen LogP contribution in [0.15, 0.2) is 60.7 Å². The highest BCUT2D eigenvalue weighted by molar-refractivity contribution is 6.22. The second-order valence-electron chi connectivity index (χ2n) is 9.19. The van der Waals surface area contributed by atoms with E-state index in [9.17, 15) is 19.2 Å². The second kappa shape index (κ2) is 9.02. The molecule has 180 valence electrons. The summed E-state index contributed by atoms with van der Waals surface area (Å²) in [5.74, 6) is -1.70. The van der Waals surface area contributed by atoms with Crippen LogP contribution in [0.4, 0.5) is 11.4 Å². The van der Waals surface area contributed by atoms with E-state index in [1.54, 1.807) is 54.5 Å². The molecule has 2 aromatic rings. The molecule has 0 unspecified atom stereocenters. The van der Waals surface area contributed by atoms with Crippen molar-refractivity contribution in [2.75, 3.05) is 23.5 Å². The Morgan fingerprint density at radius 1 is 0.971 bits per heavy atom. The van der Waals surface area contributed by atoms with Gasteiger partial charge in [-0.05, 0) is 36.6 Å². The van der Waals surface area contributed by atoms with Crippen molar-refractivity contribution in [2.24, 2.45) is 23.7 Å². The summed E-state index contributed by atoms with van der Waals surface area (Å²) < 4.78 is 10.8. The van der Waals surface area contributed by atoms with Crippen LogP contribution in [0.3, 0.4) is 0 Å². The van der Waals surface area contributed by atoms with Gasteiger partial charge in [0, 0.05) is 30.8 Å². The Hall–Kier alpha value is -3.94. The van der Waals surface area contributed by atoms with Crippen molar-refractivity contribution >= 4 is 35.1 Å². The minimum Gasteiger partial charge on any atom is -0.497 e. The quantitative estimate of drug-likeness (QED) is 0.286. The van der Waals surface area contributed by atoms with Crippen molar-refractivity contribution in [3.63, 3.8) is 0 Å². The highest BCUT2D eigenvalue weighted by atomic mass is 16.5. The van der Waals surface area contributed by atoms with E-state index >= 15 is 0 Å². The predicted octanol–water partition coefficient (Wildman–Crippen LogP) is 3.36. The van der Waals surface area contributed by atoms with E-state index in [0.717, 1.165) is 0 Å². The summed E-state index contributed by atoms with van der Waals surface area (Å²) in [7, 11) is 1.55. The van der Waals surface area contributed by atoms with Crippen LogP contribution in [0.2, 0.25) is 0 Å². The molecule has 0 aromatic heterocycles. The number of rotatable bonds is 5. The van der Waals surface area contributed by atoms with Crippen LogP contribution in [0.1, 0.15) is 19.8 Å². The Bertz CT molecular complexity index is 1240. The molecule has 2 aliphatic heterocycles.